The summed E-state index contributed by atoms with van der Waals surface area (Å²) < 4.78 is 0. The lowest BCUT2D eigenvalue weighted by molar-refractivity contribution is 0.845. The SMILES string of the molecule is Cc1ccc2[nH]cc(CCNC(=N)NC(=N)N)c2c1. The maximum Gasteiger partial charge on any atom is 0.195 e. The fourth-order valence-corrected chi connectivity index (χ4v) is 2.00. The van der Waals surface area contributed by atoms with Crippen molar-refractivity contribution in [1.82, 2.24) is 15.6 Å². The van der Waals surface area contributed by atoms with Crippen molar-refractivity contribution in [3.8, 4) is 0 Å². The molecule has 19 heavy (non-hydrogen) atoms. The Kier molecular flexibility index (Phi) is 3.70. The summed E-state index contributed by atoms with van der Waals surface area (Å²) in [7, 11) is 0. The van der Waals surface area contributed by atoms with Crippen LogP contribution in [0.2, 0.25) is 0 Å². The molecule has 0 bridgehead atoms. The Hall–Kier alpha value is -2.50. The number of guanidine groups is 2. The molecular weight excluding hydrogens is 240 g/mol. The van der Waals surface area contributed by atoms with E-state index in [1.165, 1.54) is 16.5 Å². The second kappa shape index (κ2) is 5.43. The highest BCUT2D eigenvalue weighted by atomic mass is 15.2. The topological polar surface area (TPSA) is 114 Å². The summed E-state index contributed by atoms with van der Waals surface area (Å²) in [5.74, 6) is -0.191. The lowest BCUT2D eigenvalue weighted by Gasteiger charge is -2.08. The normalized spacial score (nSPS) is 10.4. The van der Waals surface area contributed by atoms with Crippen LogP contribution in [0.15, 0.2) is 24.4 Å². The Bertz CT molecular complexity index is 613. The molecule has 2 aromatic rings. The Morgan fingerprint density at radius 3 is 2.89 bits per heavy atom. The van der Waals surface area contributed by atoms with Gasteiger partial charge in [0, 0.05) is 23.6 Å². The number of nitrogens with one attached hydrogen (secondary N) is 5. The predicted octanol–water partition coefficient (Wildman–Crippen LogP) is 1.03. The monoisotopic (exact) mass is 258 g/mol. The van der Waals surface area contributed by atoms with Crippen molar-refractivity contribution in [2.24, 2.45) is 5.73 Å². The lowest BCUT2D eigenvalue weighted by Crippen LogP contribution is -2.43. The number of rotatable bonds is 3. The molecule has 0 aliphatic rings. The van der Waals surface area contributed by atoms with E-state index in [0.717, 1.165) is 11.9 Å². The Morgan fingerprint density at radius 2 is 2.16 bits per heavy atom. The summed E-state index contributed by atoms with van der Waals surface area (Å²) in [5.41, 5.74) is 8.70. The molecule has 7 N–H and O–H groups in total. The highest BCUT2D eigenvalue weighted by Gasteiger charge is 2.04. The molecule has 0 amide bonds. The lowest BCUT2D eigenvalue weighted by atomic mass is 10.1. The molecule has 0 unspecified atom stereocenters. The van der Waals surface area contributed by atoms with Crippen LogP contribution in [0.1, 0.15) is 11.1 Å². The van der Waals surface area contributed by atoms with E-state index >= 15 is 0 Å². The van der Waals surface area contributed by atoms with Gasteiger partial charge in [-0.15, -0.1) is 0 Å². The summed E-state index contributed by atoms with van der Waals surface area (Å²) in [6, 6.07) is 6.30. The first kappa shape index (κ1) is 12.9. The highest BCUT2D eigenvalue weighted by Crippen LogP contribution is 2.19. The number of nitrogens with two attached hydrogens (primary N) is 1. The summed E-state index contributed by atoms with van der Waals surface area (Å²) in [6.07, 6.45) is 2.79. The van der Waals surface area contributed by atoms with Crippen LogP contribution in [0.4, 0.5) is 0 Å². The zero-order valence-corrected chi connectivity index (χ0v) is 10.8. The first-order chi connectivity index (χ1) is 9.06. The molecule has 6 nitrogen and oxygen atoms in total. The van der Waals surface area contributed by atoms with Gasteiger partial charge in [0.05, 0.1) is 0 Å². The minimum atomic E-state index is -0.236. The van der Waals surface area contributed by atoms with E-state index < -0.39 is 0 Å². The number of aromatic nitrogens is 1. The van der Waals surface area contributed by atoms with Gasteiger partial charge in [0.15, 0.2) is 11.9 Å². The summed E-state index contributed by atoms with van der Waals surface area (Å²) in [6.45, 7) is 2.68. The van der Waals surface area contributed by atoms with E-state index in [9.17, 15) is 0 Å². The van der Waals surface area contributed by atoms with E-state index in [2.05, 4.69) is 40.7 Å². The van der Waals surface area contributed by atoms with Crippen LogP contribution in [0.5, 0.6) is 0 Å². The van der Waals surface area contributed by atoms with Gasteiger partial charge in [-0.3, -0.25) is 16.1 Å². The fourth-order valence-electron chi connectivity index (χ4n) is 2.00. The molecule has 0 aliphatic carbocycles. The van der Waals surface area contributed by atoms with Crippen molar-refractivity contribution in [3.63, 3.8) is 0 Å². The quantitative estimate of drug-likeness (QED) is 0.365. The molecule has 0 fully saturated rings. The predicted molar refractivity (Wildman–Crippen MR) is 77.5 cm³/mol. The molecule has 1 heterocycles. The number of aromatic amines is 1. The molecular formula is C13H18N6. The second-order valence-electron chi connectivity index (χ2n) is 4.45. The first-order valence-corrected chi connectivity index (χ1v) is 6.06. The van der Waals surface area contributed by atoms with Crippen molar-refractivity contribution in [3.05, 3.63) is 35.5 Å². The average molecular weight is 258 g/mol. The van der Waals surface area contributed by atoms with E-state index in [1.807, 2.05) is 6.20 Å². The van der Waals surface area contributed by atoms with Gasteiger partial charge < -0.3 is 16.0 Å². The summed E-state index contributed by atoms with van der Waals surface area (Å²) in [5, 5.41) is 21.0. The Labute approximate surface area is 111 Å². The maximum atomic E-state index is 7.49. The molecule has 100 valence electrons. The van der Waals surface area contributed by atoms with Crippen molar-refractivity contribution >= 4 is 22.8 Å². The maximum absolute atomic E-state index is 7.49. The molecule has 0 saturated carbocycles. The average Bonchev–Trinajstić information content (AvgIpc) is 2.71. The summed E-state index contributed by atoms with van der Waals surface area (Å²) in [4.78, 5) is 3.23. The van der Waals surface area contributed by atoms with Crippen LogP contribution >= 0.6 is 0 Å². The Balaban J connectivity index is 1.96. The largest absolute Gasteiger partial charge is 0.370 e. The van der Waals surface area contributed by atoms with Crippen molar-refractivity contribution in [2.45, 2.75) is 13.3 Å². The standard InChI is InChI=1S/C13H18N6/c1-8-2-3-11-10(6-8)9(7-18-11)4-5-17-13(16)19-12(14)15/h2-3,6-7,18H,4-5H2,1H3,(H6,14,15,16,17,19). The number of hydrogen-bond donors (Lipinski definition) is 6. The van der Waals surface area contributed by atoms with Crippen molar-refractivity contribution in [1.29, 1.82) is 10.8 Å². The van der Waals surface area contributed by atoms with Gasteiger partial charge in [-0.2, -0.15) is 0 Å². The van der Waals surface area contributed by atoms with Crippen LogP contribution in [-0.2, 0) is 6.42 Å². The summed E-state index contributed by atoms with van der Waals surface area (Å²) >= 11 is 0. The number of benzene rings is 1. The third-order valence-electron chi connectivity index (χ3n) is 2.88. The molecule has 0 aliphatic heterocycles. The second-order valence-corrected chi connectivity index (χ2v) is 4.45. The van der Waals surface area contributed by atoms with Crippen LogP contribution < -0.4 is 16.4 Å². The third-order valence-corrected chi connectivity index (χ3v) is 2.88. The molecule has 2 rings (SSSR count). The minimum absolute atomic E-state index is 0.0449. The molecule has 0 spiro atoms. The van der Waals surface area contributed by atoms with Crippen LogP contribution in [0.3, 0.4) is 0 Å². The van der Waals surface area contributed by atoms with Crippen molar-refractivity contribution < 1.29 is 0 Å². The smallest absolute Gasteiger partial charge is 0.195 e. The molecule has 1 aromatic carbocycles. The Morgan fingerprint density at radius 1 is 1.37 bits per heavy atom. The van der Waals surface area contributed by atoms with Gasteiger partial charge >= 0.3 is 0 Å². The highest BCUT2D eigenvalue weighted by molar-refractivity contribution is 5.94. The van der Waals surface area contributed by atoms with Crippen LogP contribution in [0.25, 0.3) is 10.9 Å². The number of H-pyrrole nitrogens is 1. The molecule has 1 aromatic heterocycles. The third kappa shape index (κ3) is 3.25. The van der Waals surface area contributed by atoms with Gasteiger partial charge in [0.2, 0.25) is 0 Å². The van der Waals surface area contributed by atoms with E-state index in [1.54, 1.807) is 0 Å². The van der Waals surface area contributed by atoms with Gasteiger partial charge in [-0.25, -0.2) is 0 Å². The van der Waals surface area contributed by atoms with E-state index in [-0.39, 0.29) is 11.9 Å². The molecule has 0 atom stereocenters. The molecule has 0 saturated heterocycles. The van der Waals surface area contributed by atoms with Gasteiger partial charge in [0.1, 0.15) is 0 Å². The van der Waals surface area contributed by atoms with Crippen molar-refractivity contribution in [2.75, 3.05) is 6.54 Å². The van der Waals surface area contributed by atoms with Crippen LogP contribution in [0, 0.1) is 17.7 Å². The fraction of sp³-hybridized carbons (Fsp3) is 0.231. The molecule has 0 radical (unpaired) electrons. The number of hydrogen-bond acceptors (Lipinski definition) is 2. The van der Waals surface area contributed by atoms with Crippen LogP contribution in [-0.4, -0.2) is 23.4 Å². The zero-order valence-electron chi connectivity index (χ0n) is 10.8. The van der Waals surface area contributed by atoms with Gasteiger partial charge in [-0.05, 0) is 31.0 Å². The van der Waals surface area contributed by atoms with E-state index in [0.29, 0.717) is 6.54 Å². The number of fused-ring (bicyclic) bond motifs is 1. The molecule has 6 heteroatoms. The van der Waals surface area contributed by atoms with Gasteiger partial charge in [0.25, 0.3) is 0 Å². The minimum Gasteiger partial charge on any atom is -0.370 e. The van der Waals surface area contributed by atoms with Gasteiger partial charge in [-0.1, -0.05) is 11.6 Å². The number of aryl methyl sites for hydroxylation is 1. The van der Waals surface area contributed by atoms with E-state index in [4.69, 9.17) is 16.6 Å². The first-order valence-electron chi connectivity index (χ1n) is 6.06. The zero-order chi connectivity index (χ0) is 13.8.